The van der Waals surface area contributed by atoms with Crippen molar-refractivity contribution in [1.82, 2.24) is 19.5 Å². The molecule has 34 heavy (non-hydrogen) atoms. The second-order valence-electron chi connectivity index (χ2n) is 8.32. The summed E-state index contributed by atoms with van der Waals surface area (Å²) in [7, 11) is 1.56. The molecular weight excluding hydrogens is 460 g/mol. The van der Waals surface area contributed by atoms with Gasteiger partial charge in [-0.25, -0.2) is 14.8 Å². The number of carbonyl (C=O) groups is 1. The Morgan fingerprint density at radius 3 is 2.74 bits per heavy atom. The van der Waals surface area contributed by atoms with Crippen LogP contribution in [0.5, 0.6) is 5.88 Å². The molecule has 1 aliphatic rings. The van der Waals surface area contributed by atoms with E-state index in [1.165, 1.54) is 6.20 Å². The van der Waals surface area contributed by atoms with Crippen LogP contribution in [-0.4, -0.2) is 37.8 Å². The zero-order chi connectivity index (χ0) is 24.4. The fraction of sp³-hybridized carbons (Fsp3) is 0.348. The second-order valence-corrected chi connectivity index (χ2v) is 8.71. The Hall–Kier alpha value is -3.66. The van der Waals surface area contributed by atoms with Crippen molar-refractivity contribution in [3.05, 3.63) is 63.1 Å². The number of aromatic nitrogens is 4. The highest BCUT2D eigenvalue weighted by Gasteiger charge is 2.34. The highest BCUT2D eigenvalue weighted by atomic mass is 35.5. The van der Waals surface area contributed by atoms with Crippen LogP contribution in [0.15, 0.2) is 35.5 Å². The number of amides is 1. The number of hydrogen-bond donors (Lipinski definition) is 3. The number of nitrogens with zero attached hydrogens (tertiary/aromatic N) is 4. The van der Waals surface area contributed by atoms with Crippen LogP contribution in [0, 0.1) is 19.8 Å². The lowest BCUT2D eigenvalue weighted by molar-refractivity contribution is 0.209. The highest BCUT2D eigenvalue weighted by molar-refractivity contribution is 6.29. The van der Waals surface area contributed by atoms with Crippen LogP contribution < -0.4 is 20.9 Å². The van der Waals surface area contributed by atoms with Crippen molar-refractivity contribution in [3.63, 3.8) is 0 Å². The maximum absolute atomic E-state index is 13.4. The summed E-state index contributed by atoms with van der Waals surface area (Å²) in [5.41, 5.74) is 2.99. The summed E-state index contributed by atoms with van der Waals surface area (Å²) < 4.78 is 6.88. The molecule has 3 N–H and O–H groups in total. The smallest absolute Gasteiger partial charge is 0.409 e. The van der Waals surface area contributed by atoms with E-state index >= 15 is 0 Å². The van der Waals surface area contributed by atoms with E-state index in [9.17, 15) is 9.59 Å². The monoisotopic (exact) mass is 484 g/mol. The van der Waals surface area contributed by atoms with Crippen molar-refractivity contribution in [2.45, 2.75) is 39.2 Å². The molecule has 0 spiro atoms. The van der Waals surface area contributed by atoms with Crippen LogP contribution in [0.3, 0.4) is 0 Å². The maximum Gasteiger partial charge on any atom is 0.409 e. The predicted octanol–water partition coefficient (Wildman–Crippen LogP) is 4.34. The first-order chi connectivity index (χ1) is 16.2. The molecule has 1 amide bonds. The number of aryl methyl sites for hydroxylation is 2. The molecule has 1 saturated carbocycles. The Bertz CT molecular complexity index is 1290. The third-order valence-corrected chi connectivity index (χ3v) is 5.90. The number of anilines is 3. The van der Waals surface area contributed by atoms with Gasteiger partial charge in [0.2, 0.25) is 5.88 Å². The van der Waals surface area contributed by atoms with E-state index in [1.807, 2.05) is 19.9 Å². The van der Waals surface area contributed by atoms with E-state index in [0.717, 1.165) is 24.0 Å². The number of ether oxygens (including phenoxy) is 1. The Morgan fingerprint density at radius 2 is 2.06 bits per heavy atom. The minimum atomic E-state index is -1.16. The second kappa shape index (κ2) is 9.68. The Balaban J connectivity index is 1.67. The number of pyridine rings is 2. The van der Waals surface area contributed by atoms with Crippen LogP contribution in [0.1, 0.15) is 35.7 Å². The van der Waals surface area contributed by atoms with Crippen LogP contribution in [-0.2, 0) is 6.42 Å². The number of methoxy groups -OCH3 is 1. The lowest BCUT2D eigenvalue weighted by atomic mass is 10.0. The van der Waals surface area contributed by atoms with Gasteiger partial charge in [0, 0.05) is 24.0 Å². The Labute approximate surface area is 201 Å². The number of rotatable bonds is 8. The molecule has 0 saturated heterocycles. The zero-order valence-corrected chi connectivity index (χ0v) is 19.8. The van der Waals surface area contributed by atoms with Crippen molar-refractivity contribution < 1.29 is 14.6 Å². The summed E-state index contributed by atoms with van der Waals surface area (Å²) in [6.45, 7) is 3.68. The molecule has 3 aromatic rings. The SMILES string of the molecule is COc1nc(C)c(Nc2nc(Cl)cn(C(Cc3cncc(NC(=O)O)c3)C3CC3)c2=O)cc1C. The van der Waals surface area contributed by atoms with Crippen LogP contribution in [0.2, 0.25) is 5.15 Å². The minimum Gasteiger partial charge on any atom is -0.481 e. The first-order valence-corrected chi connectivity index (χ1v) is 11.1. The normalized spacial score (nSPS) is 13.9. The van der Waals surface area contributed by atoms with Crippen LogP contribution in [0.4, 0.5) is 22.0 Å². The van der Waals surface area contributed by atoms with Gasteiger partial charge in [0.25, 0.3) is 5.56 Å². The summed E-state index contributed by atoms with van der Waals surface area (Å²) in [6, 6.07) is 3.39. The van der Waals surface area contributed by atoms with Gasteiger partial charge >= 0.3 is 6.09 Å². The fourth-order valence-electron chi connectivity index (χ4n) is 3.96. The molecule has 3 heterocycles. The summed E-state index contributed by atoms with van der Waals surface area (Å²) in [4.78, 5) is 37.2. The molecule has 1 atom stereocenters. The predicted molar refractivity (Wildman–Crippen MR) is 128 cm³/mol. The summed E-state index contributed by atoms with van der Waals surface area (Å²) in [5, 5.41) is 14.6. The molecule has 1 aliphatic carbocycles. The minimum absolute atomic E-state index is 0.104. The standard InChI is InChI=1S/C23H25ClN6O4/c1-12-6-17(13(2)26-21(12)34-3)28-20-22(31)30(11-19(24)29-20)18(15-4-5-15)8-14-7-16(10-25-9-14)27-23(32)33/h6-7,9-11,15,18,27H,4-5,8H2,1-3H3,(H,28,29)(H,32,33). The maximum atomic E-state index is 13.4. The van der Waals surface area contributed by atoms with E-state index in [-0.39, 0.29) is 22.6 Å². The molecular formula is C23H25ClN6O4. The first kappa shape index (κ1) is 23.5. The third kappa shape index (κ3) is 5.28. The zero-order valence-electron chi connectivity index (χ0n) is 19.0. The molecule has 1 unspecified atom stereocenters. The molecule has 0 aromatic carbocycles. The van der Waals surface area contributed by atoms with Crippen LogP contribution in [0.25, 0.3) is 0 Å². The average molecular weight is 485 g/mol. The van der Waals surface area contributed by atoms with Gasteiger partial charge in [0.05, 0.1) is 30.4 Å². The van der Waals surface area contributed by atoms with Crippen molar-refractivity contribution in [1.29, 1.82) is 0 Å². The summed E-state index contributed by atoms with van der Waals surface area (Å²) >= 11 is 6.33. The molecule has 1 fully saturated rings. The summed E-state index contributed by atoms with van der Waals surface area (Å²) in [5.74, 6) is 0.917. The molecule has 4 rings (SSSR count). The number of halogens is 1. The van der Waals surface area contributed by atoms with Gasteiger partial charge in [-0.05, 0) is 56.7 Å². The fourth-order valence-corrected chi connectivity index (χ4v) is 4.15. The largest absolute Gasteiger partial charge is 0.481 e. The average Bonchev–Trinajstić information content (AvgIpc) is 3.62. The van der Waals surface area contributed by atoms with Crippen molar-refractivity contribution in [3.8, 4) is 5.88 Å². The van der Waals surface area contributed by atoms with E-state index in [4.69, 9.17) is 21.4 Å². The van der Waals surface area contributed by atoms with Crippen molar-refractivity contribution in [2.75, 3.05) is 17.7 Å². The van der Waals surface area contributed by atoms with Crippen molar-refractivity contribution >= 4 is 34.9 Å². The molecule has 0 radical (unpaired) electrons. The van der Waals surface area contributed by atoms with Gasteiger partial charge in [0.1, 0.15) is 5.15 Å². The van der Waals surface area contributed by atoms with E-state index in [0.29, 0.717) is 35.3 Å². The van der Waals surface area contributed by atoms with E-state index < -0.39 is 6.09 Å². The molecule has 11 heteroatoms. The summed E-state index contributed by atoms with van der Waals surface area (Å²) in [6.07, 6.45) is 5.97. The van der Waals surface area contributed by atoms with Crippen molar-refractivity contribution in [2.24, 2.45) is 5.92 Å². The van der Waals surface area contributed by atoms with Gasteiger partial charge in [-0.15, -0.1) is 0 Å². The Kier molecular flexibility index (Phi) is 6.69. The lowest BCUT2D eigenvalue weighted by Gasteiger charge is -2.21. The lowest BCUT2D eigenvalue weighted by Crippen LogP contribution is -2.30. The van der Waals surface area contributed by atoms with E-state index in [1.54, 1.807) is 30.1 Å². The quantitative estimate of drug-likeness (QED) is 0.430. The van der Waals surface area contributed by atoms with Gasteiger partial charge in [0.15, 0.2) is 5.82 Å². The number of hydrogen-bond acceptors (Lipinski definition) is 7. The number of carboxylic acid groups (broad SMARTS) is 1. The molecule has 3 aromatic heterocycles. The number of nitrogens with one attached hydrogen (secondary N) is 2. The van der Waals surface area contributed by atoms with Gasteiger partial charge < -0.3 is 19.7 Å². The van der Waals surface area contributed by atoms with Gasteiger partial charge in [-0.1, -0.05) is 11.6 Å². The topological polar surface area (TPSA) is 131 Å². The molecule has 0 bridgehead atoms. The molecule has 178 valence electrons. The van der Waals surface area contributed by atoms with Gasteiger partial charge in [-0.2, -0.15) is 0 Å². The van der Waals surface area contributed by atoms with E-state index in [2.05, 4.69) is 25.6 Å². The van der Waals surface area contributed by atoms with Gasteiger partial charge in [-0.3, -0.25) is 15.1 Å². The van der Waals surface area contributed by atoms with Crippen LogP contribution >= 0.6 is 11.6 Å². The molecule has 10 nitrogen and oxygen atoms in total. The third-order valence-electron chi connectivity index (χ3n) is 5.72. The highest BCUT2D eigenvalue weighted by Crippen LogP contribution is 2.41. The molecule has 0 aliphatic heterocycles. The first-order valence-electron chi connectivity index (χ1n) is 10.8. The Morgan fingerprint density at radius 1 is 1.29 bits per heavy atom.